The number of hydrogen-bond acceptors (Lipinski definition) is 3. The van der Waals surface area contributed by atoms with E-state index < -0.39 is 0 Å². The van der Waals surface area contributed by atoms with Gasteiger partial charge >= 0.3 is 0 Å². The number of nitrogen functional groups attached to an aromatic ring is 1. The standard InChI is InChI=1S/C11H16N2O2/c1-2-15-13-11(14)8-7-9-5-3-4-6-10(9)12/h3-6H,2,7-8,12H2,1H3,(H,13,14). The second-order valence-electron chi connectivity index (χ2n) is 3.16. The Morgan fingerprint density at radius 2 is 2.20 bits per heavy atom. The first-order valence-electron chi connectivity index (χ1n) is 4.98. The lowest BCUT2D eigenvalue weighted by atomic mass is 10.1. The maximum Gasteiger partial charge on any atom is 0.243 e. The van der Waals surface area contributed by atoms with Crippen molar-refractivity contribution >= 4 is 11.6 Å². The zero-order chi connectivity index (χ0) is 11.1. The number of nitrogens with one attached hydrogen (secondary N) is 1. The average molecular weight is 208 g/mol. The van der Waals surface area contributed by atoms with E-state index in [1.807, 2.05) is 31.2 Å². The molecule has 1 aromatic carbocycles. The fourth-order valence-corrected chi connectivity index (χ4v) is 1.21. The molecule has 0 radical (unpaired) electrons. The minimum atomic E-state index is -0.125. The van der Waals surface area contributed by atoms with Crippen LogP contribution in [0, 0.1) is 0 Å². The van der Waals surface area contributed by atoms with E-state index in [0.717, 1.165) is 11.3 Å². The van der Waals surface area contributed by atoms with Crippen LogP contribution in [0.3, 0.4) is 0 Å². The Kier molecular flexibility index (Phi) is 4.63. The van der Waals surface area contributed by atoms with Gasteiger partial charge in [-0.25, -0.2) is 5.48 Å². The first kappa shape index (κ1) is 11.5. The van der Waals surface area contributed by atoms with E-state index in [2.05, 4.69) is 5.48 Å². The molecule has 4 nitrogen and oxygen atoms in total. The molecule has 0 heterocycles. The summed E-state index contributed by atoms with van der Waals surface area (Å²) in [4.78, 5) is 16.0. The minimum Gasteiger partial charge on any atom is -0.399 e. The van der Waals surface area contributed by atoms with Crippen LogP contribution in [0.5, 0.6) is 0 Å². The van der Waals surface area contributed by atoms with Crippen molar-refractivity contribution in [3.63, 3.8) is 0 Å². The van der Waals surface area contributed by atoms with Crippen LogP contribution >= 0.6 is 0 Å². The molecular weight excluding hydrogens is 192 g/mol. The lowest BCUT2D eigenvalue weighted by Gasteiger charge is -2.05. The molecule has 0 aliphatic carbocycles. The zero-order valence-electron chi connectivity index (χ0n) is 8.82. The average Bonchev–Trinajstić information content (AvgIpc) is 2.25. The van der Waals surface area contributed by atoms with Crippen LogP contribution in [0.25, 0.3) is 0 Å². The second-order valence-corrected chi connectivity index (χ2v) is 3.16. The van der Waals surface area contributed by atoms with Crippen molar-refractivity contribution in [3.05, 3.63) is 29.8 Å². The summed E-state index contributed by atoms with van der Waals surface area (Å²) >= 11 is 0. The molecule has 0 aliphatic rings. The summed E-state index contributed by atoms with van der Waals surface area (Å²) in [6, 6.07) is 7.53. The zero-order valence-corrected chi connectivity index (χ0v) is 8.82. The SMILES string of the molecule is CCONC(=O)CCc1ccccc1N. The van der Waals surface area contributed by atoms with Crippen LogP contribution in [-0.2, 0) is 16.1 Å². The number of benzene rings is 1. The predicted molar refractivity (Wildman–Crippen MR) is 58.9 cm³/mol. The quantitative estimate of drug-likeness (QED) is 0.565. The third-order valence-electron chi connectivity index (χ3n) is 2.01. The molecule has 0 aliphatic heterocycles. The van der Waals surface area contributed by atoms with Crippen molar-refractivity contribution in [2.45, 2.75) is 19.8 Å². The number of para-hydroxylation sites is 1. The van der Waals surface area contributed by atoms with Crippen LogP contribution in [0.2, 0.25) is 0 Å². The first-order valence-corrected chi connectivity index (χ1v) is 4.98. The molecule has 0 saturated heterocycles. The van der Waals surface area contributed by atoms with E-state index in [1.54, 1.807) is 0 Å². The summed E-state index contributed by atoms with van der Waals surface area (Å²) in [6.07, 6.45) is 1.01. The Balaban J connectivity index is 2.37. The molecule has 0 unspecified atom stereocenters. The highest BCUT2D eigenvalue weighted by molar-refractivity contribution is 5.75. The van der Waals surface area contributed by atoms with E-state index >= 15 is 0 Å². The summed E-state index contributed by atoms with van der Waals surface area (Å²) in [5, 5.41) is 0. The molecular formula is C11H16N2O2. The Morgan fingerprint density at radius 3 is 2.87 bits per heavy atom. The van der Waals surface area contributed by atoms with Gasteiger partial charge in [0.15, 0.2) is 0 Å². The van der Waals surface area contributed by atoms with Crippen LogP contribution < -0.4 is 11.2 Å². The van der Waals surface area contributed by atoms with Gasteiger partial charge in [0.1, 0.15) is 0 Å². The third kappa shape index (κ3) is 3.99. The van der Waals surface area contributed by atoms with Crippen LogP contribution in [0.4, 0.5) is 5.69 Å². The summed E-state index contributed by atoms with van der Waals surface area (Å²) in [7, 11) is 0. The maximum absolute atomic E-state index is 11.2. The van der Waals surface area contributed by atoms with Gasteiger partial charge in [0.05, 0.1) is 6.61 Å². The van der Waals surface area contributed by atoms with Crippen LogP contribution in [0.1, 0.15) is 18.9 Å². The number of carbonyl (C=O) groups excluding carboxylic acids is 1. The molecule has 0 spiro atoms. The predicted octanol–water partition coefficient (Wildman–Crippen LogP) is 1.27. The number of hydroxylamine groups is 1. The Labute approximate surface area is 89.4 Å². The van der Waals surface area contributed by atoms with Crippen molar-refractivity contribution in [3.8, 4) is 0 Å². The fraction of sp³-hybridized carbons (Fsp3) is 0.364. The maximum atomic E-state index is 11.2. The number of rotatable bonds is 5. The summed E-state index contributed by atoms with van der Waals surface area (Å²) < 4.78 is 0. The summed E-state index contributed by atoms with van der Waals surface area (Å²) in [5.74, 6) is -0.125. The van der Waals surface area contributed by atoms with Gasteiger partial charge < -0.3 is 5.73 Å². The molecule has 0 bridgehead atoms. The molecule has 1 rings (SSSR count). The van der Waals surface area contributed by atoms with Crippen molar-refractivity contribution < 1.29 is 9.63 Å². The van der Waals surface area contributed by atoms with Gasteiger partial charge in [0.2, 0.25) is 5.91 Å². The lowest BCUT2D eigenvalue weighted by Crippen LogP contribution is -2.23. The van der Waals surface area contributed by atoms with Gasteiger partial charge in [-0.15, -0.1) is 0 Å². The van der Waals surface area contributed by atoms with Gasteiger partial charge in [0, 0.05) is 12.1 Å². The van der Waals surface area contributed by atoms with E-state index in [-0.39, 0.29) is 5.91 Å². The van der Waals surface area contributed by atoms with Crippen LogP contribution in [-0.4, -0.2) is 12.5 Å². The summed E-state index contributed by atoms with van der Waals surface area (Å²) in [5.41, 5.74) is 9.80. The largest absolute Gasteiger partial charge is 0.399 e. The smallest absolute Gasteiger partial charge is 0.243 e. The first-order chi connectivity index (χ1) is 7.24. The van der Waals surface area contributed by atoms with Crippen molar-refractivity contribution in [2.75, 3.05) is 12.3 Å². The lowest BCUT2D eigenvalue weighted by molar-refractivity contribution is -0.133. The highest BCUT2D eigenvalue weighted by Crippen LogP contribution is 2.12. The summed E-state index contributed by atoms with van der Waals surface area (Å²) in [6.45, 7) is 2.29. The highest BCUT2D eigenvalue weighted by Gasteiger charge is 2.03. The molecule has 1 aromatic rings. The molecule has 4 heteroatoms. The number of aryl methyl sites for hydroxylation is 1. The molecule has 0 fully saturated rings. The van der Waals surface area contributed by atoms with E-state index in [0.29, 0.717) is 19.4 Å². The van der Waals surface area contributed by atoms with Gasteiger partial charge in [-0.1, -0.05) is 18.2 Å². The number of anilines is 1. The van der Waals surface area contributed by atoms with Gasteiger partial charge in [-0.2, -0.15) is 0 Å². The number of hydrogen-bond donors (Lipinski definition) is 2. The van der Waals surface area contributed by atoms with Gasteiger partial charge in [0.25, 0.3) is 0 Å². The second kappa shape index (κ2) is 6.03. The topological polar surface area (TPSA) is 64.3 Å². The molecule has 3 N–H and O–H groups in total. The Morgan fingerprint density at radius 1 is 1.47 bits per heavy atom. The molecule has 0 atom stereocenters. The van der Waals surface area contributed by atoms with Crippen LogP contribution in [0.15, 0.2) is 24.3 Å². The molecule has 0 saturated carbocycles. The van der Waals surface area contributed by atoms with Gasteiger partial charge in [-0.05, 0) is 25.0 Å². The van der Waals surface area contributed by atoms with Gasteiger partial charge in [-0.3, -0.25) is 9.63 Å². The van der Waals surface area contributed by atoms with Crippen molar-refractivity contribution in [1.29, 1.82) is 0 Å². The molecule has 0 aromatic heterocycles. The van der Waals surface area contributed by atoms with Crippen molar-refractivity contribution in [1.82, 2.24) is 5.48 Å². The fourth-order valence-electron chi connectivity index (χ4n) is 1.21. The number of amides is 1. The number of nitrogens with two attached hydrogens (primary N) is 1. The van der Waals surface area contributed by atoms with Crippen molar-refractivity contribution in [2.24, 2.45) is 0 Å². The third-order valence-corrected chi connectivity index (χ3v) is 2.01. The molecule has 82 valence electrons. The van der Waals surface area contributed by atoms with E-state index in [4.69, 9.17) is 10.6 Å². The minimum absolute atomic E-state index is 0.125. The highest BCUT2D eigenvalue weighted by atomic mass is 16.6. The molecule has 15 heavy (non-hydrogen) atoms. The Bertz CT molecular complexity index is 326. The normalized spacial score (nSPS) is 9.93. The Hall–Kier alpha value is -1.55. The monoisotopic (exact) mass is 208 g/mol. The van der Waals surface area contributed by atoms with E-state index in [9.17, 15) is 4.79 Å². The molecule has 1 amide bonds. The van der Waals surface area contributed by atoms with E-state index in [1.165, 1.54) is 0 Å². The number of carbonyl (C=O) groups is 1.